The number of ether oxygens (including phenoxy) is 2. The van der Waals surface area contributed by atoms with E-state index in [2.05, 4.69) is 22.5 Å². The minimum absolute atomic E-state index is 0.195. The standard InChI is InChI=1S/C21H23BrN2O5S/c1-3-9-29-17-12-15(22)14(10-16(17)28-4-2)11-18-20(26)24(21(27)30-18)13-19(25)23-7-5-6-8-23/h3,10-12H,1,4-9,13H2,2H3/b18-11+. The Hall–Kier alpha value is -2.26. The van der Waals surface area contributed by atoms with Crippen LogP contribution in [0.4, 0.5) is 4.79 Å². The number of likely N-dealkylation sites (tertiary alicyclic amines) is 1. The fourth-order valence-corrected chi connectivity index (χ4v) is 4.44. The molecule has 0 N–H and O–H groups in total. The molecule has 0 aromatic heterocycles. The molecule has 3 rings (SSSR count). The molecule has 0 atom stereocenters. The number of carbonyl (C=O) groups excluding carboxylic acids is 3. The molecule has 2 saturated heterocycles. The third-order valence-corrected chi connectivity index (χ3v) is 6.23. The molecule has 2 fully saturated rings. The van der Waals surface area contributed by atoms with Crippen LogP contribution in [0.15, 0.2) is 34.2 Å². The van der Waals surface area contributed by atoms with Crippen molar-refractivity contribution in [1.29, 1.82) is 0 Å². The van der Waals surface area contributed by atoms with Gasteiger partial charge in [-0.1, -0.05) is 28.6 Å². The van der Waals surface area contributed by atoms with E-state index in [1.165, 1.54) is 0 Å². The maximum absolute atomic E-state index is 12.8. The number of amides is 3. The van der Waals surface area contributed by atoms with Gasteiger partial charge in [0.05, 0.1) is 11.5 Å². The van der Waals surface area contributed by atoms with Crippen molar-refractivity contribution < 1.29 is 23.9 Å². The van der Waals surface area contributed by atoms with Crippen molar-refractivity contribution in [2.24, 2.45) is 0 Å². The van der Waals surface area contributed by atoms with Crippen LogP contribution < -0.4 is 9.47 Å². The van der Waals surface area contributed by atoms with Crippen molar-refractivity contribution in [3.8, 4) is 11.5 Å². The topological polar surface area (TPSA) is 76.2 Å². The molecule has 0 unspecified atom stereocenters. The Morgan fingerprint density at radius 2 is 1.93 bits per heavy atom. The zero-order valence-electron chi connectivity index (χ0n) is 16.7. The number of nitrogens with zero attached hydrogens (tertiary/aromatic N) is 2. The Bertz CT molecular complexity index is 896. The molecule has 1 aromatic rings. The summed E-state index contributed by atoms with van der Waals surface area (Å²) in [6, 6.07) is 3.50. The number of halogens is 1. The average molecular weight is 495 g/mol. The zero-order valence-corrected chi connectivity index (χ0v) is 19.1. The Kier molecular flexibility index (Phi) is 7.60. The fraction of sp³-hybridized carbons (Fsp3) is 0.381. The highest BCUT2D eigenvalue weighted by Gasteiger charge is 2.37. The first kappa shape index (κ1) is 22.4. The van der Waals surface area contributed by atoms with E-state index in [1.54, 1.807) is 29.2 Å². The van der Waals surface area contributed by atoms with Crippen LogP contribution in [-0.4, -0.2) is 59.7 Å². The van der Waals surface area contributed by atoms with Gasteiger partial charge in [-0.05, 0) is 55.3 Å². The molecular formula is C21H23BrN2O5S. The number of hydrogen-bond donors (Lipinski definition) is 0. The van der Waals surface area contributed by atoms with Crippen molar-refractivity contribution in [3.63, 3.8) is 0 Å². The molecule has 2 aliphatic heterocycles. The Morgan fingerprint density at radius 3 is 2.60 bits per heavy atom. The summed E-state index contributed by atoms with van der Waals surface area (Å²) in [7, 11) is 0. The SMILES string of the molecule is C=CCOc1cc(Br)c(/C=C2/SC(=O)N(CC(=O)N3CCCC3)C2=O)cc1OCC. The van der Waals surface area contributed by atoms with E-state index in [9.17, 15) is 14.4 Å². The molecule has 0 bridgehead atoms. The van der Waals surface area contributed by atoms with Gasteiger partial charge >= 0.3 is 0 Å². The summed E-state index contributed by atoms with van der Waals surface area (Å²) in [5.74, 6) is 0.413. The normalized spacial score (nSPS) is 17.7. The van der Waals surface area contributed by atoms with E-state index in [0.29, 0.717) is 47.8 Å². The highest BCUT2D eigenvalue weighted by molar-refractivity contribution is 9.10. The molecule has 3 amide bonds. The predicted octanol–water partition coefficient (Wildman–Crippen LogP) is 4.07. The smallest absolute Gasteiger partial charge is 0.294 e. The Balaban J connectivity index is 1.81. The van der Waals surface area contributed by atoms with Gasteiger partial charge in [0.1, 0.15) is 13.2 Å². The molecule has 0 aliphatic carbocycles. The van der Waals surface area contributed by atoms with E-state index in [-0.39, 0.29) is 17.4 Å². The summed E-state index contributed by atoms with van der Waals surface area (Å²) in [5, 5.41) is -0.439. The first-order valence-corrected chi connectivity index (χ1v) is 11.3. The van der Waals surface area contributed by atoms with Crippen molar-refractivity contribution in [2.45, 2.75) is 19.8 Å². The fourth-order valence-electron chi connectivity index (χ4n) is 3.17. The van der Waals surface area contributed by atoms with Crippen molar-refractivity contribution in [1.82, 2.24) is 9.80 Å². The lowest BCUT2D eigenvalue weighted by Crippen LogP contribution is -2.40. The Labute approximate surface area is 188 Å². The maximum atomic E-state index is 12.8. The van der Waals surface area contributed by atoms with Crippen molar-refractivity contribution in [2.75, 3.05) is 32.8 Å². The van der Waals surface area contributed by atoms with Gasteiger partial charge < -0.3 is 14.4 Å². The highest BCUT2D eigenvalue weighted by Crippen LogP contribution is 2.38. The van der Waals surface area contributed by atoms with E-state index in [4.69, 9.17) is 9.47 Å². The number of imide groups is 1. The summed E-state index contributed by atoms with van der Waals surface area (Å²) in [5.41, 5.74) is 0.667. The van der Waals surface area contributed by atoms with E-state index in [1.807, 2.05) is 6.92 Å². The molecule has 1 aromatic carbocycles. The molecule has 160 valence electrons. The van der Waals surface area contributed by atoms with Gasteiger partial charge in [0.2, 0.25) is 5.91 Å². The third kappa shape index (κ3) is 5.07. The zero-order chi connectivity index (χ0) is 21.7. The minimum atomic E-state index is -0.464. The van der Waals surface area contributed by atoms with E-state index >= 15 is 0 Å². The van der Waals surface area contributed by atoms with E-state index in [0.717, 1.165) is 29.5 Å². The lowest BCUT2D eigenvalue weighted by Gasteiger charge is -2.18. The van der Waals surface area contributed by atoms with Crippen LogP contribution in [0.5, 0.6) is 11.5 Å². The van der Waals surface area contributed by atoms with Crippen LogP contribution in [-0.2, 0) is 9.59 Å². The highest BCUT2D eigenvalue weighted by atomic mass is 79.9. The molecule has 2 heterocycles. The molecule has 30 heavy (non-hydrogen) atoms. The number of carbonyl (C=O) groups is 3. The van der Waals surface area contributed by atoms with Gasteiger partial charge in [-0.25, -0.2) is 0 Å². The second-order valence-electron chi connectivity index (χ2n) is 6.71. The monoisotopic (exact) mass is 494 g/mol. The number of benzene rings is 1. The molecule has 7 nitrogen and oxygen atoms in total. The van der Waals surface area contributed by atoms with Crippen LogP contribution in [0.1, 0.15) is 25.3 Å². The predicted molar refractivity (Wildman–Crippen MR) is 119 cm³/mol. The molecule has 9 heteroatoms. The lowest BCUT2D eigenvalue weighted by molar-refractivity contribution is -0.135. The summed E-state index contributed by atoms with van der Waals surface area (Å²) in [6.07, 6.45) is 5.17. The molecular weight excluding hydrogens is 472 g/mol. The van der Waals surface area contributed by atoms with Crippen LogP contribution in [0.25, 0.3) is 6.08 Å². The minimum Gasteiger partial charge on any atom is -0.490 e. The Morgan fingerprint density at radius 1 is 1.23 bits per heavy atom. The van der Waals surface area contributed by atoms with Gasteiger partial charge in [-0.15, -0.1) is 0 Å². The van der Waals surface area contributed by atoms with E-state index < -0.39 is 11.1 Å². The van der Waals surface area contributed by atoms with Crippen LogP contribution in [0.3, 0.4) is 0 Å². The summed E-state index contributed by atoms with van der Waals surface area (Å²) in [6.45, 7) is 7.41. The van der Waals surface area contributed by atoms with Crippen molar-refractivity contribution in [3.05, 3.63) is 39.7 Å². The number of thioether (sulfide) groups is 1. The summed E-state index contributed by atoms with van der Waals surface area (Å²) < 4.78 is 12.0. The largest absolute Gasteiger partial charge is 0.490 e. The quantitative estimate of drug-likeness (QED) is 0.400. The lowest BCUT2D eigenvalue weighted by atomic mass is 10.1. The molecule has 0 spiro atoms. The third-order valence-electron chi connectivity index (χ3n) is 4.63. The van der Waals surface area contributed by atoms with Gasteiger partial charge in [0.15, 0.2) is 11.5 Å². The first-order valence-electron chi connectivity index (χ1n) is 9.67. The molecule has 0 radical (unpaired) electrons. The maximum Gasteiger partial charge on any atom is 0.294 e. The second-order valence-corrected chi connectivity index (χ2v) is 8.56. The number of hydrogen-bond acceptors (Lipinski definition) is 6. The second kappa shape index (κ2) is 10.2. The van der Waals surface area contributed by atoms with Gasteiger partial charge in [-0.3, -0.25) is 19.3 Å². The average Bonchev–Trinajstić information content (AvgIpc) is 3.34. The van der Waals surface area contributed by atoms with Crippen LogP contribution in [0, 0.1) is 0 Å². The summed E-state index contributed by atoms with van der Waals surface area (Å²) in [4.78, 5) is 40.4. The molecule has 0 saturated carbocycles. The van der Waals surface area contributed by atoms with Gasteiger partial charge in [0.25, 0.3) is 11.1 Å². The first-order chi connectivity index (χ1) is 14.4. The van der Waals surface area contributed by atoms with Gasteiger partial charge in [-0.2, -0.15) is 0 Å². The van der Waals surface area contributed by atoms with Crippen molar-refractivity contribution >= 4 is 50.8 Å². The molecule has 2 aliphatic rings. The summed E-state index contributed by atoms with van der Waals surface area (Å²) >= 11 is 4.31. The van der Waals surface area contributed by atoms with Crippen LogP contribution >= 0.6 is 27.7 Å². The van der Waals surface area contributed by atoms with Gasteiger partial charge in [0, 0.05) is 17.6 Å². The number of rotatable bonds is 8. The van der Waals surface area contributed by atoms with Crippen LogP contribution in [0.2, 0.25) is 0 Å².